The first-order valence-corrected chi connectivity index (χ1v) is 12.9. The number of hydrogen-bond acceptors (Lipinski definition) is 4. The monoisotopic (exact) mass is 491 g/mol. The molecule has 2 aromatic rings. The summed E-state index contributed by atoms with van der Waals surface area (Å²) < 4.78 is 27.3. The molecule has 0 radical (unpaired) electrons. The second kappa shape index (κ2) is 10.7. The number of nitrogens with one attached hydrogen (secondary N) is 1. The molecule has 1 aliphatic heterocycles. The molecule has 7 nitrogen and oxygen atoms in total. The number of fused-ring (bicyclic) bond motifs is 1. The highest BCUT2D eigenvalue weighted by molar-refractivity contribution is 7.89. The van der Waals surface area contributed by atoms with Gasteiger partial charge in [0, 0.05) is 37.3 Å². The first-order chi connectivity index (χ1) is 15.7. The van der Waals surface area contributed by atoms with Crippen LogP contribution in [0.3, 0.4) is 0 Å². The number of nitrogens with zero attached hydrogens (tertiary/aromatic N) is 2. The summed E-state index contributed by atoms with van der Waals surface area (Å²) in [7, 11) is -3.57. The Labute approximate surface area is 200 Å². The second-order valence-corrected chi connectivity index (χ2v) is 10.4. The molecule has 0 bridgehead atoms. The van der Waals surface area contributed by atoms with Gasteiger partial charge >= 0.3 is 0 Å². The van der Waals surface area contributed by atoms with E-state index in [1.54, 1.807) is 47.4 Å². The summed E-state index contributed by atoms with van der Waals surface area (Å²) in [6.07, 6.45) is 1.52. The van der Waals surface area contributed by atoms with Gasteiger partial charge in [0.25, 0.3) is 0 Å². The molecule has 0 fully saturated rings. The molecule has 33 heavy (non-hydrogen) atoms. The van der Waals surface area contributed by atoms with E-state index in [2.05, 4.69) is 5.32 Å². The van der Waals surface area contributed by atoms with Crippen LogP contribution >= 0.6 is 11.6 Å². The molecule has 3 rings (SSSR count). The number of anilines is 1. The predicted octanol–water partition coefficient (Wildman–Crippen LogP) is 3.92. The number of carbonyl (C=O) groups is 2. The van der Waals surface area contributed by atoms with Crippen LogP contribution in [-0.2, 0) is 26.0 Å². The summed E-state index contributed by atoms with van der Waals surface area (Å²) in [5.41, 5.74) is 2.36. The van der Waals surface area contributed by atoms with Crippen molar-refractivity contribution >= 4 is 39.1 Å². The molecule has 1 N–H and O–H groups in total. The number of amides is 2. The fourth-order valence-electron chi connectivity index (χ4n) is 4.18. The lowest BCUT2D eigenvalue weighted by Crippen LogP contribution is -2.39. The van der Waals surface area contributed by atoms with Crippen LogP contribution in [0.5, 0.6) is 0 Å². The quantitative estimate of drug-likeness (QED) is 0.606. The van der Waals surface area contributed by atoms with Gasteiger partial charge in [0.15, 0.2) is 0 Å². The highest BCUT2D eigenvalue weighted by atomic mass is 35.5. The first-order valence-electron chi connectivity index (χ1n) is 11.1. The van der Waals surface area contributed by atoms with E-state index in [4.69, 9.17) is 11.6 Å². The van der Waals surface area contributed by atoms with Gasteiger partial charge < -0.3 is 10.2 Å². The van der Waals surface area contributed by atoms with Gasteiger partial charge in [-0.15, -0.1) is 0 Å². The lowest BCUT2D eigenvalue weighted by molar-refractivity contribution is -0.121. The van der Waals surface area contributed by atoms with E-state index in [-0.39, 0.29) is 23.1 Å². The molecule has 2 aromatic carbocycles. The standard InChI is InChI=1S/C24H30ClN3O4S/c1-4-27(5-2)33(31,32)21-12-13-23-19(15-21)7-6-14-28(23)24(30)16-22(26-17(3)29)18-8-10-20(25)11-9-18/h8-13,15,22H,4-7,14,16H2,1-3H3,(H,26,29). The molecule has 178 valence electrons. The minimum Gasteiger partial charge on any atom is -0.349 e. The number of halogens is 1. The predicted molar refractivity (Wildman–Crippen MR) is 130 cm³/mol. The van der Waals surface area contributed by atoms with Crippen molar-refractivity contribution < 1.29 is 18.0 Å². The summed E-state index contributed by atoms with van der Waals surface area (Å²) in [5, 5.41) is 3.43. The van der Waals surface area contributed by atoms with Crippen LogP contribution in [0.25, 0.3) is 0 Å². The highest BCUT2D eigenvalue weighted by Crippen LogP contribution is 2.32. The Hall–Kier alpha value is -2.42. The van der Waals surface area contributed by atoms with Crippen LogP contribution in [0, 0.1) is 0 Å². The molecule has 0 spiro atoms. The Morgan fingerprint density at radius 2 is 1.79 bits per heavy atom. The number of hydrogen-bond donors (Lipinski definition) is 1. The van der Waals surface area contributed by atoms with Crippen molar-refractivity contribution in [3.63, 3.8) is 0 Å². The largest absolute Gasteiger partial charge is 0.349 e. The minimum absolute atomic E-state index is 0.0835. The van der Waals surface area contributed by atoms with E-state index in [0.717, 1.165) is 23.2 Å². The lowest BCUT2D eigenvalue weighted by atomic mass is 9.99. The second-order valence-electron chi connectivity index (χ2n) is 8.04. The van der Waals surface area contributed by atoms with Crippen LogP contribution in [0.1, 0.15) is 50.8 Å². The maximum absolute atomic E-state index is 13.3. The summed E-state index contributed by atoms with van der Waals surface area (Å²) in [6.45, 7) is 6.38. The van der Waals surface area contributed by atoms with Gasteiger partial charge in [0.1, 0.15) is 0 Å². The zero-order chi connectivity index (χ0) is 24.2. The van der Waals surface area contributed by atoms with Crippen LogP contribution in [0.4, 0.5) is 5.69 Å². The number of benzene rings is 2. The Morgan fingerprint density at radius 3 is 2.39 bits per heavy atom. The molecular weight excluding hydrogens is 462 g/mol. The Morgan fingerprint density at radius 1 is 1.12 bits per heavy atom. The number of aryl methyl sites for hydroxylation is 1. The smallest absolute Gasteiger partial charge is 0.243 e. The van der Waals surface area contributed by atoms with Gasteiger partial charge in [-0.2, -0.15) is 4.31 Å². The molecule has 2 amide bonds. The average molecular weight is 492 g/mol. The molecular formula is C24H30ClN3O4S. The van der Waals surface area contributed by atoms with Crippen molar-refractivity contribution in [2.75, 3.05) is 24.5 Å². The molecule has 0 aromatic heterocycles. The number of carbonyl (C=O) groups excluding carboxylic acids is 2. The fourth-order valence-corrected chi connectivity index (χ4v) is 5.82. The summed E-state index contributed by atoms with van der Waals surface area (Å²) in [5.74, 6) is -0.364. The third-order valence-electron chi connectivity index (χ3n) is 5.84. The van der Waals surface area contributed by atoms with Gasteiger partial charge in [-0.3, -0.25) is 9.59 Å². The van der Waals surface area contributed by atoms with Gasteiger partial charge in [0.2, 0.25) is 21.8 Å². The van der Waals surface area contributed by atoms with E-state index in [0.29, 0.717) is 31.1 Å². The van der Waals surface area contributed by atoms with Crippen LogP contribution in [0.2, 0.25) is 5.02 Å². The van der Waals surface area contributed by atoms with Gasteiger partial charge in [0.05, 0.1) is 17.4 Å². The van der Waals surface area contributed by atoms with Gasteiger partial charge in [-0.1, -0.05) is 37.6 Å². The van der Waals surface area contributed by atoms with Crippen molar-refractivity contribution in [3.05, 3.63) is 58.6 Å². The normalized spacial score (nSPS) is 14.6. The highest BCUT2D eigenvalue weighted by Gasteiger charge is 2.28. The Bertz CT molecular complexity index is 1120. The minimum atomic E-state index is -3.57. The van der Waals surface area contributed by atoms with Crippen molar-refractivity contribution in [2.24, 2.45) is 0 Å². The fraction of sp³-hybridized carbons (Fsp3) is 0.417. The third-order valence-corrected chi connectivity index (χ3v) is 8.14. The zero-order valence-electron chi connectivity index (χ0n) is 19.2. The van der Waals surface area contributed by atoms with Crippen molar-refractivity contribution in [1.29, 1.82) is 0 Å². The maximum Gasteiger partial charge on any atom is 0.243 e. The molecule has 1 atom stereocenters. The SMILES string of the molecule is CCN(CC)S(=O)(=O)c1ccc2c(c1)CCCN2C(=O)CC(NC(C)=O)c1ccc(Cl)cc1. The van der Waals surface area contributed by atoms with Crippen LogP contribution in [-0.4, -0.2) is 44.2 Å². The van der Waals surface area contributed by atoms with Crippen molar-refractivity contribution in [3.8, 4) is 0 Å². The van der Waals surface area contributed by atoms with E-state index in [9.17, 15) is 18.0 Å². The van der Waals surface area contributed by atoms with Crippen molar-refractivity contribution in [2.45, 2.75) is 51.0 Å². The van der Waals surface area contributed by atoms with Crippen LogP contribution < -0.4 is 10.2 Å². The van der Waals surface area contributed by atoms with Gasteiger partial charge in [-0.05, 0) is 54.3 Å². The summed E-state index contributed by atoms with van der Waals surface area (Å²) in [4.78, 5) is 27.0. The topological polar surface area (TPSA) is 86.8 Å². The number of rotatable bonds is 8. The lowest BCUT2D eigenvalue weighted by Gasteiger charge is -2.31. The van der Waals surface area contributed by atoms with Crippen molar-refractivity contribution in [1.82, 2.24) is 9.62 Å². The Balaban J connectivity index is 1.87. The average Bonchev–Trinajstić information content (AvgIpc) is 2.78. The van der Waals surface area contributed by atoms with E-state index in [1.165, 1.54) is 11.2 Å². The first kappa shape index (κ1) is 25.2. The van der Waals surface area contributed by atoms with Gasteiger partial charge in [-0.25, -0.2) is 8.42 Å². The molecule has 0 aliphatic carbocycles. The Kier molecular flexibility index (Phi) is 8.15. The van der Waals surface area contributed by atoms with Crippen LogP contribution in [0.15, 0.2) is 47.4 Å². The maximum atomic E-state index is 13.3. The molecule has 9 heteroatoms. The van der Waals surface area contributed by atoms with E-state index in [1.807, 2.05) is 13.8 Å². The number of sulfonamides is 1. The summed E-state index contributed by atoms with van der Waals surface area (Å²) >= 11 is 5.98. The third kappa shape index (κ3) is 5.75. The van der Waals surface area contributed by atoms with E-state index >= 15 is 0 Å². The molecule has 0 saturated carbocycles. The molecule has 1 unspecified atom stereocenters. The van der Waals surface area contributed by atoms with E-state index < -0.39 is 16.1 Å². The molecule has 1 heterocycles. The zero-order valence-corrected chi connectivity index (χ0v) is 20.7. The summed E-state index contributed by atoms with van der Waals surface area (Å²) in [6, 6.07) is 11.5. The molecule has 0 saturated heterocycles. The molecule has 1 aliphatic rings.